The van der Waals surface area contributed by atoms with Gasteiger partial charge >= 0.3 is 0 Å². The molecular formula is C12H20N2O4S. The molecule has 0 spiro atoms. The van der Waals surface area contributed by atoms with Gasteiger partial charge in [0.15, 0.2) is 9.84 Å². The fraction of sp³-hybridized carbons (Fsp3) is 0.583. The molecule has 6 nitrogen and oxygen atoms in total. The minimum Gasteiger partial charge on any atom is -0.491 e. The first-order valence-electron chi connectivity index (χ1n) is 5.96. The van der Waals surface area contributed by atoms with E-state index in [1.54, 1.807) is 19.4 Å². The third-order valence-corrected chi connectivity index (χ3v) is 3.22. The first-order valence-corrected chi connectivity index (χ1v) is 8.02. The number of aromatic nitrogens is 1. The Hall–Kier alpha value is -1.18. The van der Waals surface area contributed by atoms with Crippen molar-refractivity contribution in [2.45, 2.75) is 6.54 Å². The summed E-state index contributed by atoms with van der Waals surface area (Å²) in [7, 11) is -1.33. The zero-order valence-corrected chi connectivity index (χ0v) is 12.1. The van der Waals surface area contributed by atoms with Crippen molar-refractivity contribution >= 4 is 9.84 Å². The molecule has 0 atom stereocenters. The Kier molecular flexibility index (Phi) is 6.75. The van der Waals surface area contributed by atoms with Crippen LogP contribution in [-0.2, 0) is 21.1 Å². The van der Waals surface area contributed by atoms with Gasteiger partial charge in [0.25, 0.3) is 0 Å². The van der Waals surface area contributed by atoms with E-state index < -0.39 is 9.84 Å². The monoisotopic (exact) mass is 288 g/mol. The third kappa shape index (κ3) is 7.76. The first-order chi connectivity index (χ1) is 9.01. The summed E-state index contributed by atoms with van der Waals surface area (Å²) in [6.45, 7) is 2.23. The molecule has 0 unspecified atom stereocenters. The van der Waals surface area contributed by atoms with Gasteiger partial charge in [-0.2, -0.15) is 0 Å². The maximum atomic E-state index is 10.9. The molecule has 0 aromatic carbocycles. The van der Waals surface area contributed by atoms with Crippen LogP contribution in [0.3, 0.4) is 0 Å². The van der Waals surface area contributed by atoms with Crippen LogP contribution in [0.15, 0.2) is 18.3 Å². The van der Waals surface area contributed by atoms with Crippen molar-refractivity contribution in [2.75, 3.05) is 38.9 Å². The van der Waals surface area contributed by atoms with Gasteiger partial charge in [0.1, 0.15) is 12.4 Å². The van der Waals surface area contributed by atoms with E-state index in [9.17, 15) is 8.42 Å². The van der Waals surface area contributed by atoms with Crippen LogP contribution in [0.5, 0.6) is 5.75 Å². The summed E-state index contributed by atoms with van der Waals surface area (Å²) in [5.41, 5.74) is 0.895. The number of nitrogens with zero attached hydrogens (tertiary/aromatic N) is 1. The Morgan fingerprint density at radius 1 is 1.32 bits per heavy atom. The number of ether oxygens (including phenoxy) is 2. The van der Waals surface area contributed by atoms with Gasteiger partial charge in [-0.05, 0) is 12.1 Å². The van der Waals surface area contributed by atoms with Crippen LogP contribution in [-0.4, -0.2) is 52.3 Å². The fourth-order valence-electron chi connectivity index (χ4n) is 1.30. The molecule has 0 saturated carbocycles. The maximum absolute atomic E-state index is 10.9. The topological polar surface area (TPSA) is 77.5 Å². The highest BCUT2D eigenvalue weighted by molar-refractivity contribution is 7.90. The summed E-state index contributed by atoms with van der Waals surface area (Å²) in [6.07, 6.45) is 2.78. The van der Waals surface area contributed by atoms with Crippen LogP contribution in [0.2, 0.25) is 0 Å². The van der Waals surface area contributed by atoms with E-state index in [2.05, 4.69) is 10.3 Å². The molecule has 0 radical (unpaired) electrons. The molecule has 0 aliphatic rings. The Labute approximate surface area is 114 Å². The highest BCUT2D eigenvalue weighted by Crippen LogP contribution is 2.09. The van der Waals surface area contributed by atoms with E-state index in [4.69, 9.17) is 9.47 Å². The normalized spacial score (nSPS) is 11.5. The molecular weight excluding hydrogens is 268 g/mol. The van der Waals surface area contributed by atoms with Crippen molar-refractivity contribution in [3.63, 3.8) is 0 Å². The van der Waals surface area contributed by atoms with E-state index in [0.717, 1.165) is 12.2 Å². The molecule has 0 saturated heterocycles. The van der Waals surface area contributed by atoms with Gasteiger partial charge in [-0.15, -0.1) is 0 Å². The number of sulfone groups is 1. The van der Waals surface area contributed by atoms with Crippen molar-refractivity contribution in [2.24, 2.45) is 0 Å². The van der Waals surface area contributed by atoms with E-state index in [1.807, 2.05) is 6.07 Å². The number of hydrogen-bond acceptors (Lipinski definition) is 6. The third-order valence-electron chi connectivity index (χ3n) is 2.31. The lowest BCUT2D eigenvalue weighted by Crippen LogP contribution is -2.19. The van der Waals surface area contributed by atoms with Crippen molar-refractivity contribution in [3.8, 4) is 5.75 Å². The van der Waals surface area contributed by atoms with Crippen molar-refractivity contribution in [3.05, 3.63) is 24.0 Å². The van der Waals surface area contributed by atoms with Gasteiger partial charge in [-0.3, -0.25) is 4.98 Å². The quantitative estimate of drug-likeness (QED) is 0.656. The van der Waals surface area contributed by atoms with Crippen LogP contribution >= 0.6 is 0 Å². The average Bonchev–Trinajstić information content (AvgIpc) is 2.35. The summed E-state index contributed by atoms with van der Waals surface area (Å²) >= 11 is 0. The number of pyridine rings is 1. The summed E-state index contributed by atoms with van der Waals surface area (Å²) in [5, 5.41) is 3.18. The minimum atomic E-state index is -2.99. The largest absolute Gasteiger partial charge is 0.491 e. The molecule has 0 amide bonds. The smallest absolute Gasteiger partial charge is 0.150 e. The van der Waals surface area contributed by atoms with E-state index in [0.29, 0.717) is 18.9 Å². The molecule has 1 rings (SSSR count). The maximum Gasteiger partial charge on any atom is 0.150 e. The predicted octanol–water partition coefficient (Wildman–Crippen LogP) is 0.241. The van der Waals surface area contributed by atoms with Gasteiger partial charge < -0.3 is 14.8 Å². The Balaban J connectivity index is 2.31. The molecule has 1 heterocycles. The van der Waals surface area contributed by atoms with Crippen molar-refractivity contribution in [1.29, 1.82) is 0 Å². The van der Waals surface area contributed by atoms with Crippen LogP contribution in [0.1, 0.15) is 5.69 Å². The second-order valence-corrected chi connectivity index (χ2v) is 6.39. The number of rotatable bonds is 9. The molecule has 0 aliphatic heterocycles. The summed E-state index contributed by atoms with van der Waals surface area (Å²) in [4.78, 5) is 4.21. The average molecular weight is 288 g/mol. The van der Waals surface area contributed by atoms with Gasteiger partial charge in [-0.1, -0.05) is 0 Å². The lowest BCUT2D eigenvalue weighted by atomic mass is 10.3. The van der Waals surface area contributed by atoms with Crippen molar-refractivity contribution < 1.29 is 17.9 Å². The number of hydrogen-bond donors (Lipinski definition) is 1. The predicted molar refractivity (Wildman–Crippen MR) is 73.0 cm³/mol. The van der Waals surface area contributed by atoms with E-state index >= 15 is 0 Å². The highest BCUT2D eigenvalue weighted by atomic mass is 32.2. The number of nitrogens with one attached hydrogen (secondary N) is 1. The SMILES string of the molecule is COCCNCc1ccc(OCCS(C)(=O)=O)cn1. The standard InChI is InChI=1S/C12H20N2O4S/c1-17-6-5-13-9-11-3-4-12(10-14-11)18-7-8-19(2,15)16/h3-4,10,13H,5-9H2,1-2H3. The first kappa shape index (κ1) is 15.9. The Morgan fingerprint density at radius 3 is 2.68 bits per heavy atom. The zero-order valence-electron chi connectivity index (χ0n) is 11.3. The summed E-state index contributed by atoms with van der Waals surface area (Å²) in [6, 6.07) is 3.62. The molecule has 1 N–H and O–H groups in total. The zero-order chi connectivity index (χ0) is 14.1. The second-order valence-electron chi connectivity index (χ2n) is 4.13. The molecule has 0 fully saturated rings. The molecule has 0 aliphatic carbocycles. The van der Waals surface area contributed by atoms with Gasteiger partial charge in [0.05, 0.1) is 24.3 Å². The van der Waals surface area contributed by atoms with Crippen LogP contribution in [0.25, 0.3) is 0 Å². The van der Waals surface area contributed by atoms with E-state index in [1.165, 1.54) is 6.26 Å². The summed E-state index contributed by atoms with van der Waals surface area (Å²) in [5.74, 6) is 0.581. The summed E-state index contributed by atoms with van der Waals surface area (Å²) < 4.78 is 32.1. The van der Waals surface area contributed by atoms with E-state index in [-0.39, 0.29) is 12.4 Å². The van der Waals surface area contributed by atoms with Crippen LogP contribution in [0.4, 0.5) is 0 Å². The van der Waals surface area contributed by atoms with Crippen LogP contribution < -0.4 is 10.1 Å². The van der Waals surface area contributed by atoms with Crippen LogP contribution in [0, 0.1) is 0 Å². The lowest BCUT2D eigenvalue weighted by Gasteiger charge is -2.06. The fourth-order valence-corrected chi connectivity index (χ4v) is 1.69. The molecule has 19 heavy (non-hydrogen) atoms. The van der Waals surface area contributed by atoms with Gasteiger partial charge in [-0.25, -0.2) is 8.42 Å². The van der Waals surface area contributed by atoms with Crippen molar-refractivity contribution in [1.82, 2.24) is 10.3 Å². The molecule has 0 bridgehead atoms. The lowest BCUT2D eigenvalue weighted by molar-refractivity contribution is 0.199. The molecule has 1 aromatic heterocycles. The van der Waals surface area contributed by atoms with Gasteiger partial charge in [0, 0.05) is 26.5 Å². The van der Waals surface area contributed by atoms with Gasteiger partial charge in [0.2, 0.25) is 0 Å². The second kappa shape index (κ2) is 8.08. The molecule has 1 aromatic rings. The number of methoxy groups -OCH3 is 1. The molecule has 7 heteroatoms. The minimum absolute atomic E-state index is 0.00727. The Bertz CT molecular complexity index is 459. The highest BCUT2D eigenvalue weighted by Gasteiger charge is 2.03. The molecule has 108 valence electrons. The Morgan fingerprint density at radius 2 is 2.11 bits per heavy atom.